The smallest absolute Gasteiger partial charge is 0.274 e. The number of hydrogen-bond acceptors (Lipinski definition) is 4. The Bertz CT molecular complexity index is 564. The summed E-state index contributed by atoms with van der Waals surface area (Å²) in [5.41, 5.74) is 2.51. The standard InChI is InChI=1S/C14H19N3O3/c1-9(18)7-17-12-4-2-3-11(12)13(15-17)14(20)16-6-5-10(19)8-16/h10,19H,2-8H2,1H3/t10-/m1/s1. The van der Waals surface area contributed by atoms with Crippen molar-refractivity contribution in [1.82, 2.24) is 14.7 Å². The zero-order chi connectivity index (χ0) is 14.3. The van der Waals surface area contributed by atoms with Crippen molar-refractivity contribution >= 4 is 11.7 Å². The number of fused-ring (bicyclic) bond motifs is 1. The van der Waals surface area contributed by atoms with E-state index in [0.29, 0.717) is 25.2 Å². The zero-order valence-corrected chi connectivity index (χ0v) is 11.6. The molecule has 1 atom stereocenters. The van der Waals surface area contributed by atoms with E-state index in [4.69, 9.17) is 0 Å². The van der Waals surface area contributed by atoms with Crippen molar-refractivity contribution in [1.29, 1.82) is 0 Å². The van der Waals surface area contributed by atoms with Crippen molar-refractivity contribution in [2.24, 2.45) is 0 Å². The number of aliphatic hydroxyl groups is 1. The van der Waals surface area contributed by atoms with Gasteiger partial charge < -0.3 is 10.0 Å². The Morgan fingerprint density at radius 1 is 1.40 bits per heavy atom. The van der Waals surface area contributed by atoms with E-state index in [1.165, 1.54) is 6.92 Å². The molecule has 1 aromatic rings. The van der Waals surface area contributed by atoms with Crippen LogP contribution in [0.2, 0.25) is 0 Å². The molecule has 0 saturated carbocycles. The van der Waals surface area contributed by atoms with Crippen LogP contribution in [0.1, 0.15) is 41.5 Å². The van der Waals surface area contributed by atoms with Crippen molar-refractivity contribution in [3.63, 3.8) is 0 Å². The summed E-state index contributed by atoms with van der Waals surface area (Å²) >= 11 is 0. The van der Waals surface area contributed by atoms with Crippen molar-refractivity contribution in [3.8, 4) is 0 Å². The minimum absolute atomic E-state index is 0.0396. The van der Waals surface area contributed by atoms with Gasteiger partial charge in [0, 0.05) is 24.3 Å². The summed E-state index contributed by atoms with van der Waals surface area (Å²) in [6, 6.07) is 0. The van der Waals surface area contributed by atoms with Crippen LogP contribution in [0.15, 0.2) is 0 Å². The minimum Gasteiger partial charge on any atom is -0.391 e. The molecule has 0 spiro atoms. The van der Waals surface area contributed by atoms with Crippen LogP contribution in [0.25, 0.3) is 0 Å². The maximum atomic E-state index is 12.5. The fourth-order valence-corrected chi connectivity index (χ4v) is 3.10. The van der Waals surface area contributed by atoms with Gasteiger partial charge in [-0.15, -0.1) is 0 Å². The molecule has 1 aliphatic carbocycles. The number of carbonyl (C=O) groups is 2. The lowest BCUT2D eigenvalue weighted by molar-refractivity contribution is -0.117. The molecule has 3 rings (SSSR count). The van der Waals surface area contributed by atoms with E-state index in [-0.39, 0.29) is 18.2 Å². The molecule has 1 N–H and O–H groups in total. The van der Waals surface area contributed by atoms with Crippen LogP contribution < -0.4 is 0 Å². The highest BCUT2D eigenvalue weighted by Crippen LogP contribution is 2.27. The first-order valence-electron chi connectivity index (χ1n) is 7.11. The third-order valence-electron chi connectivity index (χ3n) is 4.03. The fourth-order valence-electron chi connectivity index (χ4n) is 3.10. The Labute approximate surface area is 117 Å². The van der Waals surface area contributed by atoms with Gasteiger partial charge in [0.2, 0.25) is 0 Å². The van der Waals surface area contributed by atoms with E-state index in [1.54, 1.807) is 9.58 Å². The van der Waals surface area contributed by atoms with Gasteiger partial charge in [-0.05, 0) is 32.6 Å². The lowest BCUT2D eigenvalue weighted by Crippen LogP contribution is -2.30. The molecule has 6 heteroatoms. The second-order valence-corrected chi connectivity index (χ2v) is 5.68. The maximum Gasteiger partial charge on any atom is 0.274 e. The Kier molecular flexibility index (Phi) is 3.33. The summed E-state index contributed by atoms with van der Waals surface area (Å²) in [7, 11) is 0. The Morgan fingerprint density at radius 3 is 2.85 bits per heavy atom. The molecular formula is C14H19N3O3. The number of rotatable bonds is 3. The van der Waals surface area contributed by atoms with E-state index in [9.17, 15) is 14.7 Å². The number of carbonyl (C=O) groups excluding carboxylic acids is 2. The molecule has 108 valence electrons. The van der Waals surface area contributed by atoms with Gasteiger partial charge in [0.15, 0.2) is 11.5 Å². The summed E-state index contributed by atoms with van der Waals surface area (Å²) < 4.78 is 1.68. The Hall–Kier alpha value is -1.69. The first-order valence-corrected chi connectivity index (χ1v) is 7.11. The largest absolute Gasteiger partial charge is 0.391 e. The van der Waals surface area contributed by atoms with Crippen LogP contribution >= 0.6 is 0 Å². The number of aromatic nitrogens is 2. The van der Waals surface area contributed by atoms with Crippen LogP contribution in [-0.2, 0) is 24.2 Å². The van der Waals surface area contributed by atoms with Crippen LogP contribution in [0.4, 0.5) is 0 Å². The lowest BCUT2D eigenvalue weighted by Gasteiger charge is -2.14. The number of aliphatic hydroxyl groups excluding tert-OH is 1. The number of β-amino-alcohol motifs (C(OH)–C–C–N with tert-alkyl or cyclic N) is 1. The van der Waals surface area contributed by atoms with Crippen LogP contribution in [-0.4, -0.2) is 50.7 Å². The van der Waals surface area contributed by atoms with Gasteiger partial charge in [0.1, 0.15) is 0 Å². The van der Waals surface area contributed by atoms with Gasteiger partial charge >= 0.3 is 0 Å². The topological polar surface area (TPSA) is 75.4 Å². The van der Waals surface area contributed by atoms with E-state index >= 15 is 0 Å². The number of ketones is 1. The summed E-state index contributed by atoms with van der Waals surface area (Å²) in [4.78, 5) is 25.5. The number of nitrogens with zero attached hydrogens (tertiary/aromatic N) is 3. The number of likely N-dealkylation sites (tertiary alicyclic amines) is 1. The highest BCUT2D eigenvalue weighted by molar-refractivity contribution is 5.94. The van der Waals surface area contributed by atoms with Gasteiger partial charge in [0.25, 0.3) is 5.91 Å². The van der Waals surface area contributed by atoms with Gasteiger partial charge in [-0.1, -0.05) is 0 Å². The van der Waals surface area contributed by atoms with Crippen LogP contribution in [0.5, 0.6) is 0 Å². The monoisotopic (exact) mass is 277 g/mol. The molecule has 2 heterocycles. The van der Waals surface area contributed by atoms with E-state index in [2.05, 4.69) is 5.10 Å². The molecule has 1 aromatic heterocycles. The normalized spacial score (nSPS) is 21.3. The number of Topliss-reactive ketones (excluding diaryl/α,β-unsaturated/α-hetero) is 1. The van der Waals surface area contributed by atoms with E-state index in [0.717, 1.165) is 30.5 Å². The SMILES string of the molecule is CC(=O)Cn1nc(C(=O)N2CC[C@@H](O)C2)c2c1CCC2. The van der Waals surface area contributed by atoms with Gasteiger partial charge in [-0.25, -0.2) is 0 Å². The maximum absolute atomic E-state index is 12.5. The highest BCUT2D eigenvalue weighted by atomic mass is 16.3. The average Bonchev–Trinajstić information content (AvgIpc) is 3.05. The van der Waals surface area contributed by atoms with Gasteiger partial charge in [-0.2, -0.15) is 5.10 Å². The third kappa shape index (κ3) is 2.24. The third-order valence-corrected chi connectivity index (χ3v) is 4.03. The van der Waals surface area contributed by atoms with Crippen LogP contribution in [0.3, 0.4) is 0 Å². The summed E-state index contributed by atoms with van der Waals surface area (Å²) in [6.45, 7) is 2.72. The quantitative estimate of drug-likeness (QED) is 0.854. The zero-order valence-electron chi connectivity index (χ0n) is 11.6. The molecular weight excluding hydrogens is 258 g/mol. The van der Waals surface area contributed by atoms with Crippen molar-refractivity contribution in [3.05, 3.63) is 17.0 Å². The predicted molar refractivity (Wildman–Crippen MR) is 71.5 cm³/mol. The van der Waals surface area contributed by atoms with Crippen LogP contribution in [0, 0.1) is 0 Å². The van der Waals surface area contributed by atoms with Crippen molar-refractivity contribution in [2.45, 2.75) is 45.3 Å². The predicted octanol–water partition coefficient (Wildman–Crippen LogP) is 0.168. The Balaban J connectivity index is 1.90. The van der Waals surface area contributed by atoms with Gasteiger partial charge in [-0.3, -0.25) is 14.3 Å². The molecule has 1 amide bonds. The fraction of sp³-hybridized carbons (Fsp3) is 0.643. The molecule has 1 saturated heterocycles. The summed E-state index contributed by atoms with van der Waals surface area (Å²) in [5.74, 6) is -0.0696. The molecule has 0 radical (unpaired) electrons. The second-order valence-electron chi connectivity index (χ2n) is 5.68. The molecule has 0 aromatic carbocycles. The molecule has 1 fully saturated rings. The molecule has 2 aliphatic rings. The van der Waals surface area contributed by atoms with Gasteiger partial charge in [0.05, 0.1) is 12.6 Å². The first-order chi connectivity index (χ1) is 9.56. The lowest BCUT2D eigenvalue weighted by atomic mass is 10.2. The van der Waals surface area contributed by atoms with E-state index < -0.39 is 6.10 Å². The molecule has 20 heavy (non-hydrogen) atoms. The minimum atomic E-state index is -0.425. The second kappa shape index (κ2) is 5.01. The summed E-state index contributed by atoms with van der Waals surface area (Å²) in [5, 5.41) is 13.9. The molecule has 6 nitrogen and oxygen atoms in total. The summed E-state index contributed by atoms with van der Waals surface area (Å²) in [6.07, 6.45) is 2.94. The van der Waals surface area contributed by atoms with Crippen molar-refractivity contribution in [2.75, 3.05) is 13.1 Å². The van der Waals surface area contributed by atoms with Crippen molar-refractivity contribution < 1.29 is 14.7 Å². The first kappa shape index (κ1) is 13.3. The highest BCUT2D eigenvalue weighted by Gasteiger charge is 2.32. The number of hydrogen-bond donors (Lipinski definition) is 1. The van der Waals surface area contributed by atoms with E-state index in [1.807, 2.05) is 0 Å². The molecule has 1 aliphatic heterocycles. The average molecular weight is 277 g/mol. The Morgan fingerprint density at radius 2 is 2.20 bits per heavy atom. The molecule has 0 unspecified atom stereocenters. The molecule has 0 bridgehead atoms. The number of amides is 1.